The summed E-state index contributed by atoms with van der Waals surface area (Å²) in [6.07, 6.45) is 5.39. The van der Waals surface area contributed by atoms with Crippen LogP contribution in [-0.2, 0) is 11.4 Å². The van der Waals surface area contributed by atoms with Crippen LogP contribution in [0.4, 0.5) is 0 Å². The number of carbonyl (C=O) groups excluding carboxylic acids is 1. The normalized spacial score (nSPS) is 14.7. The summed E-state index contributed by atoms with van der Waals surface area (Å²) in [5.41, 5.74) is 5.44. The van der Waals surface area contributed by atoms with Crippen LogP contribution in [0.2, 0.25) is 0 Å². The molecule has 4 aromatic rings. The van der Waals surface area contributed by atoms with Gasteiger partial charge in [-0.15, -0.1) is 0 Å². The summed E-state index contributed by atoms with van der Waals surface area (Å²) in [5.74, 6) is 2.28. The average Bonchev–Trinajstić information content (AvgIpc) is 3.30. The van der Waals surface area contributed by atoms with Crippen LogP contribution in [0.15, 0.2) is 78.9 Å². The van der Waals surface area contributed by atoms with Crippen LogP contribution >= 0.6 is 0 Å². The summed E-state index contributed by atoms with van der Waals surface area (Å²) < 4.78 is 5.83. The van der Waals surface area contributed by atoms with Gasteiger partial charge in [-0.3, -0.25) is 4.79 Å². The van der Waals surface area contributed by atoms with Crippen molar-refractivity contribution in [3.63, 3.8) is 0 Å². The van der Waals surface area contributed by atoms with Crippen LogP contribution in [0.1, 0.15) is 41.3 Å². The van der Waals surface area contributed by atoms with E-state index in [0.29, 0.717) is 12.5 Å². The molecule has 0 bridgehead atoms. The number of carbonyl (C=O) groups is 1. The van der Waals surface area contributed by atoms with Gasteiger partial charge in [-0.05, 0) is 66.8 Å². The highest BCUT2D eigenvalue weighted by atomic mass is 16.5. The average molecular weight is 452 g/mol. The maximum Gasteiger partial charge on any atom is 0.246 e. The number of ether oxygens (including phenoxy) is 1. The van der Waals surface area contributed by atoms with E-state index in [1.54, 1.807) is 6.08 Å². The van der Waals surface area contributed by atoms with Gasteiger partial charge in [-0.2, -0.15) is 0 Å². The second kappa shape index (κ2) is 9.96. The van der Waals surface area contributed by atoms with E-state index in [-0.39, 0.29) is 5.91 Å². The highest BCUT2D eigenvalue weighted by Gasteiger charge is 2.24. The largest absolute Gasteiger partial charge is 0.489 e. The van der Waals surface area contributed by atoms with Gasteiger partial charge in [0.2, 0.25) is 5.91 Å². The molecule has 34 heavy (non-hydrogen) atoms. The number of imidazole rings is 1. The van der Waals surface area contributed by atoms with Gasteiger partial charge in [0.25, 0.3) is 0 Å². The van der Waals surface area contributed by atoms with Gasteiger partial charge in [0.1, 0.15) is 18.2 Å². The molecule has 3 aromatic carbocycles. The number of aromatic nitrogens is 2. The van der Waals surface area contributed by atoms with Crippen molar-refractivity contribution < 1.29 is 9.53 Å². The first-order chi connectivity index (χ1) is 16.6. The lowest BCUT2D eigenvalue weighted by atomic mass is 9.96. The zero-order chi connectivity index (χ0) is 23.3. The molecular formula is C29H29N3O2. The molecule has 0 saturated carbocycles. The fourth-order valence-electron chi connectivity index (χ4n) is 4.40. The van der Waals surface area contributed by atoms with Crippen LogP contribution in [0.25, 0.3) is 17.1 Å². The second-order valence-corrected chi connectivity index (χ2v) is 8.92. The number of hydrogen-bond donors (Lipinski definition) is 1. The number of piperidine rings is 1. The van der Waals surface area contributed by atoms with Gasteiger partial charge in [0.15, 0.2) is 0 Å². The Balaban J connectivity index is 1.12. The lowest BCUT2D eigenvalue weighted by molar-refractivity contribution is -0.127. The Morgan fingerprint density at radius 1 is 1.06 bits per heavy atom. The summed E-state index contributed by atoms with van der Waals surface area (Å²) >= 11 is 0. The van der Waals surface area contributed by atoms with E-state index in [0.717, 1.165) is 59.7 Å². The van der Waals surface area contributed by atoms with Crippen LogP contribution in [0, 0.1) is 6.92 Å². The number of H-pyrrole nitrogens is 1. The standard InChI is InChI=1S/C29H29N3O2/c1-21-7-13-26-27(19-21)31-29(30-26)24-15-17-32(18-16-24)28(33)14-10-22-8-11-25(12-9-22)34-20-23-5-3-2-4-6-23/h2-14,19,24H,15-18,20H2,1H3,(H,30,31)/b14-10+. The van der Waals surface area contributed by atoms with Crippen LogP contribution in [-0.4, -0.2) is 33.9 Å². The van der Waals surface area contributed by atoms with Gasteiger partial charge in [-0.25, -0.2) is 4.98 Å². The van der Waals surface area contributed by atoms with E-state index >= 15 is 0 Å². The number of fused-ring (bicyclic) bond motifs is 1. The Labute approximate surface area is 200 Å². The van der Waals surface area contributed by atoms with E-state index in [9.17, 15) is 4.79 Å². The Hall–Kier alpha value is -3.86. The third kappa shape index (κ3) is 5.20. The minimum Gasteiger partial charge on any atom is -0.489 e. The first-order valence-corrected chi connectivity index (χ1v) is 11.8. The Morgan fingerprint density at radius 2 is 1.82 bits per heavy atom. The number of nitrogens with zero attached hydrogens (tertiary/aromatic N) is 2. The molecule has 1 N–H and O–H groups in total. The molecule has 0 aliphatic carbocycles. The van der Waals surface area contributed by atoms with Crippen molar-refractivity contribution in [2.75, 3.05) is 13.1 Å². The summed E-state index contributed by atoms with van der Waals surface area (Å²) in [6, 6.07) is 24.2. The van der Waals surface area contributed by atoms with Crippen LogP contribution < -0.4 is 4.74 Å². The maximum atomic E-state index is 12.7. The zero-order valence-electron chi connectivity index (χ0n) is 19.4. The molecule has 5 heteroatoms. The first kappa shape index (κ1) is 22.0. The molecule has 2 heterocycles. The molecule has 0 spiro atoms. The summed E-state index contributed by atoms with van der Waals surface area (Å²) in [4.78, 5) is 22.9. The van der Waals surface area contributed by atoms with E-state index < -0.39 is 0 Å². The number of nitrogens with one attached hydrogen (secondary N) is 1. The molecule has 172 valence electrons. The maximum absolute atomic E-state index is 12.7. The number of hydrogen-bond acceptors (Lipinski definition) is 3. The third-order valence-electron chi connectivity index (χ3n) is 6.40. The highest BCUT2D eigenvalue weighted by molar-refractivity contribution is 5.91. The molecule has 0 atom stereocenters. The van der Waals surface area contributed by atoms with Crippen molar-refractivity contribution in [3.8, 4) is 5.75 Å². The first-order valence-electron chi connectivity index (χ1n) is 11.8. The minimum absolute atomic E-state index is 0.0584. The second-order valence-electron chi connectivity index (χ2n) is 8.92. The Kier molecular flexibility index (Phi) is 6.43. The topological polar surface area (TPSA) is 58.2 Å². The molecular weight excluding hydrogens is 422 g/mol. The zero-order valence-corrected chi connectivity index (χ0v) is 19.4. The molecule has 0 unspecified atom stereocenters. The monoisotopic (exact) mass is 451 g/mol. The Bertz CT molecular complexity index is 1280. The molecule has 1 fully saturated rings. The number of aryl methyl sites for hydroxylation is 1. The number of amides is 1. The predicted molar refractivity (Wildman–Crippen MR) is 136 cm³/mol. The molecule has 5 nitrogen and oxygen atoms in total. The highest BCUT2D eigenvalue weighted by Crippen LogP contribution is 2.28. The molecule has 1 aromatic heterocycles. The SMILES string of the molecule is Cc1ccc2nc(C3CCN(C(=O)/C=C/c4ccc(OCc5ccccc5)cc4)CC3)[nH]c2c1. The van der Waals surface area contributed by atoms with E-state index in [1.807, 2.05) is 65.6 Å². The number of benzene rings is 3. The molecule has 1 amide bonds. The van der Waals surface area contributed by atoms with E-state index in [1.165, 1.54) is 5.56 Å². The summed E-state index contributed by atoms with van der Waals surface area (Å²) in [5, 5.41) is 0. The molecule has 1 aliphatic rings. The van der Waals surface area contributed by atoms with E-state index in [2.05, 4.69) is 30.1 Å². The smallest absolute Gasteiger partial charge is 0.246 e. The lowest BCUT2D eigenvalue weighted by Gasteiger charge is -2.30. The quantitative estimate of drug-likeness (QED) is 0.373. The van der Waals surface area contributed by atoms with Crippen LogP contribution in [0.5, 0.6) is 5.75 Å². The summed E-state index contributed by atoms with van der Waals surface area (Å²) in [6.45, 7) is 4.12. The van der Waals surface area contributed by atoms with Gasteiger partial charge in [0, 0.05) is 25.1 Å². The lowest BCUT2D eigenvalue weighted by Crippen LogP contribution is -2.37. The number of rotatable bonds is 6. The summed E-state index contributed by atoms with van der Waals surface area (Å²) in [7, 11) is 0. The van der Waals surface area contributed by atoms with Crippen molar-refractivity contribution in [3.05, 3.63) is 101 Å². The van der Waals surface area contributed by atoms with Crippen molar-refractivity contribution in [2.24, 2.45) is 0 Å². The number of aromatic amines is 1. The van der Waals surface area contributed by atoms with E-state index in [4.69, 9.17) is 9.72 Å². The van der Waals surface area contributed by atoms with Crippen molar-refractivity contribution in [2.45, 2.75) is 32.3 Å². The van der Waals surface area contributed by atoms with Gasteiger partial charge >= 0.3 is 0 Å². The fraction of sp³-hybridized carbons (Fsp3) is 0.241. The van der Waals surface area contributed by atoms with Gasteiger partial charge in [-0.1, -0.05) is 48.5 Å². The predicted octanol–water partition coefficient (Wildman–Crippen LogP) is 5.87. The molecule has 1 saturated heterocycles. The van der Waals surface area contributed by atoms with Crippen molar-refractivity contribution in [1.82, 2.24) is 14.9 Å². The number of likely N-dealkylation sites (tertiary alicyclic amines) is 1. The molecule has 0 radical (unpaired) electrons. The minimum atomic E-state index is 0.0584. The Morgan fingerprint density at radius 3 is 2.59 bits per heavy atom. The fourth-order valence-corrected chi connectivity index (χ4v) is 4.40. The van der Waals surface area contributed by atoms with Gasteiger partial charge in [0.05, 0.1) is 11.0 Å². The van der Waals surface area contributed by atoms with Crippen molar-refractivity contribution >= 4 is 23.0 Å². The van der Waals surface area contributed by atoms with Gasteiger partial charge < -0.3 is 14.6 Å². The molecule has 1 aliphatic heterocycles. The third-order valence-corrected chi connectivity index (χ3v) is 6.40. The molecule has 5 rings (SSSR count). The van der Waals surface area contributed by atoms with Crippen LogP contribution in [0.3, 0.4) is 0 Å². The van der Waals surface area contributed by atoms with Crippen molar-refractivity contribution in [1.29, 1.82) is 0 Å².